The molecule has 5 rings (SSSR count). The van der Waals surface area contributed by atoms with Gasteiger partial charge in [-0.1, -0.05) is 60.2 Å². The minimum atomic E-state index is -0.262. The van der Waals surface area contributed by atoms with Gasteiger partial charge in [0.05, 0.1) is 17.5 Å². The highest BCUT2D eigenvalue weighted by atomic mass is 16.2. The lowest BCUT2D eigenvalue weighted by molar-refractivity contribution is -0.122. The lowest BCUT2D eigenvalue weighted by Gasteiger charge is -2.20. The van der Waals surface area contributed by atoms with Crippen molar-refractivity contribution in [1.82, 2.24) is 0 Å². The van der Waals surface area contributed by atoms with Gasteiger partial charge in [-0.3, -0.25) is 9.59 Å². The van der Waals surface area contributed by atoms with Crippen molar-refractivity contribution in [2.45, 2.75) is 13.8 Å². The Morgan fingerprint density at radius 2 is 1.48 bits per heavy atom. The zero-order valence-electron chi connectivity index (χ0n) is 15.4. The number of fused-ring (bicyclic) bond motifs is 5. The number of benzene rings is 2. The number of carbonyl (C=O) groups is 2. The highest BCUT2D eigenvalue weighted by Crippen LogP contribution is 2.58. The summed E-state index contributed by atoms with van der Waals surface area (Å²) < 4.78 is 0. The van der Waals surface area contributed by atoms with Crippen molar-refractivity contribution in [3.05, 3.63) is 83.4 Å². The molecule has 2 bridgehead atoms. The third-order valence-corrected chi connectivity index (χ3v) is 6.32. The van der Waals surface area contributed by atoms with Gasteiger partial charge in [0.15, 0.2) is 0 Å². The second-order valence-corrected chi connectivity index (χ2v) is 7.79. The Hall–Kier alpha value is -2.94. The third-order valence-electron chi connectivity index (χ3n) is 6.32. The van der Waals surface area contributed by atoms with Crippen LogP contribution >= 0.6 is 0 Å². The number of aryl methyl sites for hydroxylation is 1. The van der Waals surface area contributed by atoms with E-state index in [2.05, 4.69) is 31.2 Å². The minimum Gasteiger partial charge on any atom is -0.274 e. The van der Waals surface area contributed by atoms with E-state index in [-0.39, 0.29) is 35.5 Å². The topological polar surface area (TPSA) is 37.4 Å². The van der Waals surface area contributed by atoms with Crippen LogP contribution in [0.3, 0.4) is 0 Å². The van der Waals surface area contributed by atoms with Crippen molar-refractivity contribution in [2.75, 3.05) is 4.90 Å². The Morgan fingerprint density at radius 3 is 2.07 bits per heavy atom. The second-order valence-electron chi connectivity index (χ2n) is 7.79. The first-order valence-electron chi connectivity index (χ1n) is 9.47. The molecule has 3 nitrogen and oxygen atoms in total. The first-order chi connectivity index (χ1) is 13.1. The molecule has 0 radical (unpaired) electrons. The summed E-state index contributed by atoms with van der Waals surface area (Å²) in [7, 11) is 0. The molecule has 2 aliphatic carbocycles. The molecule has 1 aliphatic heterocycles. The number of hydrogen-bond acceptors (Lipinski definition) is 2. The summed E-state index contributed by atoms with van der Waals surface area (Å²) in [6, 6.07) is 17.9. The van der Waals surface area contributed by atoms with Gasteiger partial charge < -0.3 is 0 Å². The second kappa shape index (κ2) is 5.78. The van der Waals surface area contributed by atoms with Crippen LogP contribution in [0, 0.1) is 30.6 Å². The van der Waals surface area contributed by atoms with E-state index in [0.29, 0.717) is 5.69 Å². The minimum absolute atomic E-state index is 0.0338. The smallest absolute Gasteiger partial charge is 0.238 e. The fraction of sp³-hybridized carbons (Fsp3) is 0.250. The number of anilines is 1. The summed E-state index contributed by atoms with van der Waals surface area (Å²) in [5, 5.41) is 0. The highest BCUT2D eigenvalue weighted by Gasteiger charge is 2.62. The number of rotatable bonds is 2. The molecular weight excluding hydrogens is 334 g/mol. The van der Waals surface area contributed by atoms with E-state index in [1.807, 2.05) is 49.4 Å². The third kappa shape index (κ3) is 2.21. The summed E-state index contributed by atoms with van der Waals surface area (Å²) in [5.74, 6) is -0.557. The van der Waals surface area contributed by atoms with E-state index in [0.717, 1.165) is 5.56 Å². The first-order valence-corrected chi connectivity index (χ1v) is 9.47. The van der Waals surface area contributed by atoms with Crippen LogP contribution in [0.1, 0.15) is 18.1 Å². The molecule has 134 valence electrons. The van der Waals surface area contributed by atoms with Gasteiger partial charge in [-0.2, -0.15) is 0 Å². The number of nitrogens with zero attached hydrogens (tertiary/aromatic N) is 1. The van der Waals surface area contributed by atoms with Gasteiger partial charge in [-0.25, -0.2) is 4.90 Å². The molecule has 0 unspecified atom stereocenters. The molecule has 2 aromatic carbocycles. The van der Waals surface area contributed by atoms with Gasteiger partial charge in [0, 0.05) is 11.8 Å². The Bertz CT molecular complexity index is 984. The summed E-state index contributed by atoms with van der Waals surface area (Å²) in [5.41, 5.74) is 5.37. The lowest BCUT2D eigenvalue weighted by atomic mass is 9.85. The molecule has 0 spiro atoms. The van der Waals surface area contributed by atoms with Gasteiger partial charge in [0.2, 0.25) is 11.8 Å². The summed E-state index contributed by atoms with van der Waals surface area (Å²) in [4.78, 5) is 27.9. The van der Waals surface area contributed by atoms with Gasteiger partial charge in [-0.05, 0) is 42.7 Å². The van der Waals surface area contributed by atoms with Crippen molar-refractivity contribution in [3.63, 3.8) is 0 Å². The van der Waals surface area contributed by atoms with E-state index in [1.54, 1.807) is 0 Å². The van der Waals surface area contributed by atoms with Crippen LogP contribution in [-0.2, 0) is 9.59 Å². The van der Waals surface area contributed by atoms with Crippen LogP contribution in [0.4, 0.5) is 5.69 Å². The molecule has 2 fully saturated rings. The largest absolute Gasteiger partial charge is 0.274 e. The lowest BCUT2D eigenvalue weighted by Crippen LogP contribution is -2.33. The summed E-state index contributed by atoms with van der Waals surface area (Å²) in [6.45, 7) is 4.09. The molecule has 0 aromatic heterocycles. The molecule has 0 N–H and O–H groups in total. The van der Waals surface area contributed by atoms with Crippen LogP contribution in [0.15, 0.2) is 72.3 Å². The number of carbonyl (C=O) groups excluding carboxylic acids is 2. The van der Waals surface area contributed by atoms with Crippen molar-refractivity contribution in [1.29, 1.82) is 0 Å². The van der Waals surface area contributed by atoms with Gasteiger partial charge in [0.25, 0.3) is 0 Å². The normalized spacial score (nSPS) is 30.2. The SMILES string of the molecule is CC(=C1[C@H]2C=C[C@H]1[C@H]1C(=O)N(c3cccc(C)c3)C(=O)[C@H]12)c1ccccc1. The fourth-order valence-corrected chi connectivity index (χ4v) is 5.14. The standard InChI is InChI=1S/C24H21NO2/c1-14-7-6-10-17(13-14)25-23(26)21-18-11-12-19(22(21)24(25)27)20(18)15(2)16-8-4-3-5-9-16/h3-13,18-19,21-22H,1-2H3/t18-,19-,21-,22+/m1/s1. The molecule has 2 aromatic rings. The monoisotopic (exact) mass is 355 g/mol. The highest BCUT2D eigenvalue weighted by molar-refractivity contribution is 6.23. The molecule has 1 saturated carbocycles. The van der Waals surface area contributed by atoms with Gasteiger partial charge >= 0.3 is 0 Å². The van der Waals surface area contributed by atoms with E-state index >= 15 is 0 Å². The van der Waals surface area contributed by atoms with Crippen LogP contribution in [0.25, 0.3) is 5.57 Å². The fourth-order valence-electron chi connectivity index (χ4n) is 5.14. The van der Waals surface area contributed by atoms with Gasteiger partial charge in [-0.15, -0.1) is 0 Å². The van der Waals surface area contributed by atoms with Crippen LogP contribution in [-0.4, -0.2) is 11.8 Å². The molecule has 3 aliphatic rings. The Balaban J connectivity index is 1.56. The van der Waals surface area contributed by atoms with E-state index in [1.165, 1.54) is 21.6 Å². The van der Waals surface area contributed by atoms with Crippen molar-refractivity contribution < 1.29 is 9.59 Å². The maximum absolute atomic E-state index is 13.3. The summed E-state index contributed by atoms with van der Waals surface area (Å²) >= 11 is 0. The van der Waals surface area contributed by atoms with E-state index < -0.39 is 0 Å². The predicted octanol–water partition coefficient (Wildman–Crippen LogP) is 4.39. The average Bonchev–Trinajstić information content (AvgIpc) is 3.31. The number of allylic oxidation sites excluding steroid dienone is 4. The quantitative estimate of drug-likeness (QED) is 0.592. The average molecular weight is 355 g/mol. The van der Waals surface area contributed by atoms with E-state index in [4.69, 9.17) is 0 Å². The van der Waals surface area contributed by atoms with Crippen LogP contribution in [0.5, 0.6) is 0 Å². The molecule has 3 heteroatoms. The van der Waals surface area contributed by atoms with Crippen molar-refractivity contribution in [2.24, 2.45) is 23.7 Å². The maximum Gasteiger partial charge on any atom is 0.238 e. The molecule has 27 heavy (non-hydrogen) atoms. The predicted molar refractivity (Wildman–Crippen MR) is 106 cm³/mol. The van der Waals surface area contributed by atoms with E-state index in [9.17, 15) is 9.59 Å². The molecule has 2 amide bonds. The Labute approximate surface area is 159 Å². The zero-order chi connectivity index (χ0) is 18.7. The van der Waals surface area contributed by atoms with Crippen LogP contribution in [0.2, 0.25) is 0 Å². The molecular formula is C24H21NO2. The molecule has 1 saturated heterocycles. The Kier molecular flexibility index (Phi) is 3.48. The van der Waals surface area contributed by atoms with Gasteiger partial charge in [0.1, 0.15) is 0 Å². The number of imide groups is 1. The molecule has 4 atom stereocenters. The van der Waals surface area contributed by atoms with Crippen molar-refractivity contribution >= 4 is 23.1 Å². The number of hydrogen-bond donors (Lipinski definition) is 0. The van der Waals surface area contributed by atoms with Crippen molar-refractivity contribution in [3.8, 4) is 0 Å². The number of amides is 2. The zero-order valence-corrected chi connectivity index (χ0v) is 15.4. The Morgan fingerprint density at radius 1 is 0.852 bits per heavy atom. The summed E-state index contributed by atoms with van der Waals surface area (Å²) in [6.07, 6.45) is 4.27. The van der Waals surface area contributed by atoms with Crippen LogP contribution < -0.4 is 4.90 Å². The maximum atomic E-state index is 13.3. The molecule has 1 heterocycles. The first kappa shape index (κ1) is 16.2.